The van der Waals surface area contributed by atoms with Crippen molar-refractivity contribution in [2.45, 2.75) is 44.1 Å². The van der Waals surface area contributed by atoms with E-state index < -0.39 is 4.92 Å². The molecule has 0 radical (unpaired) electrons. The summed E-state index contributed by atoms with van der Waals surface area (Å²) in [6.07, 6.45) is 10.6. The molecule has 5 nitrogen and oxygen atoms in total. The summed E-state index contributed by atoms with van der Waals surface area (Å²) >= 11 is 0. The molecule has 0 heterocycles. The number of non-ortho nitro benzene ring substituents is 1. The number of nitro groups is 1. The van der Waals surface area contributed by atoms with Gasteiger partial charge in [-0.15, -0.1) is 0 Å². The monoisotopic (exact) mass is 326 g/mol. The lowest BCUT2D eigenvalue weighted by Crippen LogP contribution is -2.59. The number of rotatable bonds is 4. The van der Waals surface area contributed by atoms with Gasteiger partial charge in [-0.1, -0.05) is 12.1 Å². The second-order valence-electron chi connectivity index (χ2n) is 7.87. The van der Waals surface area contributed by atoms with Crippen LogP contribution in [0.15, 0.2) is 30.3 Å². The molecule has 4 aliphatic carbocycles. The van der Waals surface area contributed by atoms with Crippen LogP contribution < -0.4 is 5.32 Å². The largest absolute Gasteiger partial charge is 0.347 e. The summed E-state index contributed by atoms with van der Waals surface area (Å²) in [5, 5.41) is 14.1. The quantitative estimate of drug-likeness (QED) is 0.521. The average molecular weight is 326 g/mol. The molecule has 126 valence electrons. The Morgan fingerprint density at radius 3 is 2.38 bits per heavy atom. The van der Waals surface area contributed by atoms with Gasteiger partial charge in [0.1, 0.15) is 0 Å². The number of nitrogens with zero attached hydrogens (tertiary/aromatic N) is 1. The van der Waals surface area contributed by atoms with Crippen molar-refractivity contribution in [2.75, 3.05) is 0 Å². The fourth-order valence-corrected chi connectivity index (χ4v) is 5.48. The summed E-state index contributed by atoms with van der Waals surface area (Å²) in [6.45, 7) is 0. The van der Waals surface area contributed by atoms with Crippen molar-refractivity contribution in [3.63, 3.8) is 0 Å². The number of carbonyl (C=O) groups is 1. The first-order valence-electron chi connectivity index (χ1n) is 8.76. The number of benzene rings is 1. The van der Waals surface area contributed by atoms with Crippen molar-refractivity contribution in [3.05, 3.63) is 46.0 Å². The number of hydrogen-bond donors (Lipinski definition) is 1. The van der Waals surface area contributed by atoms with Crippen LogP contribution in [-0.4, -0.2) is 16.4 Å². The Bertz CT molecular complexity index is 675. The van der Waals surface area contributed by atoms with E-state index in [9.17, 15) is 14.9 Å². The minimum Gasteiger partial charge on any atom is -0.347 e. The van der Waals surface area contributed by atoms with Gasteiger partial charge in [-0.3, -0.25) is 14.9 Å². The zero-order chi connectivity index (χ0) is 16.7. The molecule has 4 saturated carbocycles. The second-order valence-corrected chi connectivity index (χ2v) is 7.87. The minimum absolute atomic E-state index is 0.00113. The van der Waals surface area contributed by atoms with E-state index in [1.807, 2.05) is 0 Å². The number of nitrogens with one attached hydrogen (secondary N) is 1. The topological polar surface area (TPSA) is 72.2 Å². The summed E-state index contributed by atoms with van der Waals surface area (Å²) in [5.41, 5.74) is 0.710. The molecule has 0 atom stereocenters. The van der Waals surface area contributed by atoms with Gasteiger partial charge in [-0.05, 0) is 67.9 Å². The molecule has 0 aliphatic heterocycles. The fourth-order valence-electron chi connectivity index (χ4n) is 5.48. The summed E-state index contributed by atoms with van der Waals surface area (Å²) < 4.78 is 0. The van der Waals surface area contributed by atoms with Crippen molar-refractivity contribution in [2.24, 2.45) is 17.8 Å². The van der Waals surface area contributed by atoms with Crippen molar-refractivity contribution < 1.29 is 9.72 Å². The molecule has 1 amide bonds. The Hall–Kier alpha value is -2.17. The van der Waals surface area contributed by atoms with E-state index in [-0.39, 0.29) is 17.1 Å². The molecular weight excluding hydrogens is 304 g/mol. The molecule has 24 heavy (non-hydrogen) atoms. The van der Waals surface area contributed by atoms with Crippen LogP contribution in [0.2, 0.25) is 0 Å². The third-order valence-electron chi connectivity index (χ3n) is 5.93. The zero-order valence-electron chi connectivity index (χ0n) is 13.6. The van der Waals surface area contributed by atoms with Gasteiger partial charge in [0.05, 0.1) is 4.92 Å². The molecular formula is C19H22N2O3. The van der Waals surface area contributed by atoms with Crippen molar-refractivity contribution in [3.8, 4) is 0 Å². The summed E-state index contributed by atoms with van der Waals surface area (Å²) in [5.74, 6) is 2.29. The molecule has 1 aromatic carbocycles. The molecule has 5 heteroatoms. The maximum Gasteiger partial charge on any atom is 0.270 e. The Balaban J connectivity index is 1.43. The van der Waals surface area contributed by atoms with E-state index in [2.05, 4.69) is 5.32 Å². The first-order valence-corrected chi connectivity index (χ1v) is 8.76. The van der Waals surface area contributed by atoms with Gasteiger partial charge in [0.15, 0.2) is 0 Å². The van der Waals surface area contributed by atoms with Gasteiger partial charge in [0.2, 0.25) is 5.91 Å². The molecule has 4 fully saturated rings. The van der Waals surface area contributed by atoms with Crippen LogP contribution in [0.1, 0.15) is 44.1 Å². The molecule has 1 aromatic rings. The molecule has 0 aromatic heterocycles. The number of hydrogen-bond acceptors (Lipinski definition) is 3. The van der Waals surface area contributed by atoms with Crippen LogP contribution in [0.3, 0.4) is 0 Å². The van der Waals surface area contributed by atoms with Crippen molar-refractivity contribution >= 4 is 17.7 Å². The Kier molecular flexibility index (Phi) is 3.66. The maximum atomic E-state index is 12.4. The van der Waals surface area contributed by atoms with E-state index >= 15 is 0 Å². The van der Waals surface area contributed by atoms with Gasteiger partial charge in [-0.2, -0.15) is 0 Å². The van der Waals surface area contributed by atoms with E-state index in [4.69, 9.17) is 0 Å². The predicted octanol–water partition coefficient (Wildman–Crippen LogP) is 3.69. The van der Waals surface area contributed by atoms with Gasteiger partial charge in [0.25, 0.3) is 5.69 Å². The highest BCUT2D eigenvalue weighted by atomic mass is 16.6. The van der Waals surface area contributed by atoms with Crippen molar-refractivity contribution in [1.82, 2.24) is 5.32 Å². The first-order chi connectivity index (χ1) is 11.5. The minimum atomic E-state index is -0.424. The van der Waals surface area contributed by atoms with Gasteiger partial charge in [0, 0.05) is 23.7 Å². The molecule has 0 spiro atoms. The number of carbonyl (C=O) groups excluding carboxylic acids is 1. The highest BCUT2D eigenvalue weighted by Crippen LogP contribution is 2.55. The third kappa shape index (κ3) is 2.95. The van der Waals surface area contributed by atoms with Gasteiger partial charge in [-0.25, -0.2) is 0 Å². The molecule has 4 aliphatic rings. The predicted molar refractivity (Wildman–Crippen MR) is 91.2 cm³/mol. The summed E-state index contributed by atoms with van der Waals surface area (Å²) in [7, 11) is 0. The normalized spacial score (nSPS) is 33.8. The zero-order valence-corrected chi connectivity index (χ0v) is 13.6. The lowest BCUT2D eigenvalue weighted by Gasteiger charge is -2.56. The van der Waals surface area contributed by atoms with Crippen LogP contribution in [0, 0.1) is 27.9 Å². The van der Waals surface area contributed by atoms with E-state index in [0.717, 1.165) is 37.0 Å². The average Bonchev–Trinajstić information content (AvgIpc) is 2.51. The highest BCUT2D eigenvalue weighted by Gasteiger charge is 2.51. The van der Waals surface area contributed by atoms with E-state index in [0.29, 0.717) is 5.56 Å². The third-order valence-corrected chi connectivity index (χ3v) is 5.93. The Morgan fingerprint density at radius 2 is 1.79 bits per heavy atom. The van der Waals surface area contributed by atoms with Crippen LogP contribution >= 0.6 is 0 Å². The lowest BCUT2D eigenvalue weighted by atomic mass is 9.53. The maximum absolute atomic E-state index is 12.4. The summed E-state index contributed by atoms with van der Waals surface area (Å²) in [4.78, 5) is 22.8. The smallest absolute Gasteiger partial charge is 0.270 e. The van der Waals surface area contributed by atoms with Crippen LogP contribution in [0.4, 0.5) is 5.69 Å². The molecule has 5 rings (SSSR count). The van der Waals surface area contributed by atoms with Crippen molar-refractivity contribution in [1.29, 1.82) is 0 Å². The fraction of sp³-hybridized carbons (Fsp3) is 0.526. The van der Waals surface area contributed by atoms with Gasteiger partial charge >= 0.3 is 0 Å². The van der Waals surface area contributed by atoms with E-state index in [1.54, 1.807) is 18.2 Å². The first kappa shape index (κ1) is 15.4. The molecule has 0 unspecified atom stereocenters. The SMILES string of the molecule is O=C(C=Cc1cccc([N+](=O)[O-])c1)NC12CC3CC(CC(C3)C1)C2. The lowest BCUT2D eigenvalue weighted by molar-refractivity contribution is -0.384. The van der Waals surface area contributed by atoms with E-state index in [1.165, 1.54) is 37.5 Å². The van der Waals surface area contributed by atoms with Crippen LogP contribution in [-0.2, 0) is 4.79 Å². The Labute approximate surface area is 141 Å². The standard InChI is InChI=1S/C19H22N2O3/c22-18(5-4-13-2-1-3-17(9-13)21(23)24)20-19-10-14-6-15(11-19)8-16(7-14)12-19/h1-5,9,14-16H,6-8,10-12H2,(H,20,22). The Morgan fingerprint density at radius 1 is 1.17 bits per heavy atom. The number of nitro benzene ring substituents is 1. The van der Waals surface area contributed by atoms with Crippen LogP contribution in [0.25, 0.3) is 6.08 Å². The number of amides is 1. The molecule has 0 saturated heterocycles. The van der Waals surface area contributed by atoms with Crippen LogP contribution in [0.5, 0.6) is 0 Å². The summed E-state index contributed by atoms with van der Waals surface area (Å²) in [6, 6.07) is 6.33. The highest BCUT2D eigenvalue weighted by molar-refractivity contribution is 5.92. The second kappa shape index (κ2) is 5.72. The molecule has 1 N–H and O–H groups in total. The van der Waals surface area contributed by atoms with Gasteiger partial charge < -0.3 is 5.32 Å². The molecule has 4 bridgehead atoms.